The molecule has 25 heavy (non-hydrogen) atoms. The standard InChI is InChI=1S/C19H23N3O3/c1-2-19-20-7-5-14(21-19)10-22-8-6-15(16(23)11-22)13-3-4-17-18(9-13)25-12-24-17/h3-5,7,9,15-16,23H,2,6,8,10-12H2,1H3/t15-,16+/m0/s1. The first-order chi connectivity index (χ1) is 12.2. The molecule has 0 radical (unpaired) electrons. The first-order valence-corrected chi connectivity index (χ1v) is 8.83. The number of piperidine rings is 1. The normalized spacial score (nSPS) is 23.0. The summed E-state index contributed by atoms with van der Waals surface area (Å²) >= 11 is 0. The summed E-state index contributed by atoms with van der Waals surface area (Å²) < 4.78 is 10.8. The third-order valence-electron chi connectivity index (χ3n) is 4.96. The van der Waals surface area contributed by atoms with E-state index in [1.165, 1.54) is 0 Å². The summed E-state index contributed by atoms with van der Waals surface area (Å²) in [5.74, 6) is 2.56. The van der Waals surface area contributed by atoms with Gasteiger partial charge in [0, 0.05) is 31.6 Å². The van der Waals surface area contributed by atoms with Crippen LogP contribution in [0, 0.1) is 0 Å². The highest BCUT2D eigenvalue weighted by atomic mass is 16.7. The van der Waals surface area contributed by atoms with Crippen molar-refractivity contribution in [3.63, 3.8) is 0 Å². The van der Waals surface area contributed by atoms with Crippen LogP contribution in [-0.2, 0) is 13.0 Å². The smallest absolute Gasteiger partial charge is 0.231 e. The molecule has 2 atom stereocenters. The lowest BCUT2D eigenvalue weighted by atomic mass is 9.87. The molecule has 0 saturated carbocycles. The van der Waals surface area contributed by atoms with E-state index in [-0.39, 0.29) is 12.7 Å². The molecule has 2 aromatic rings. The fourth-order valence-electron chi connectivity index (χ4n) is 3.60. The van der Waals surface area contributed by atoms with E-state index in [2.05, 4.69) is 21.8 Å². The summed E-state index contributed by atoms with van der Waals surface area (Å²) in [5, 5.41) is 10.7. The molecule has 0 unspecified atom stereocenters. The highest BCUT2D eigenvalue weighted by Gasteiger charge is 2.30. The SMILES string of the molecule is CCc1nccc(CN2CC[C@@H](c3ccc4c(c3)OCO4)[C@H](O)C2)n1. The first-order valence-electron chi connectivity index (χ1n) is 8.83. The Bertz CT molecular complexity index is 752. The third-order valence-corrected chi connectivity index (χ3v) is 4.96. The van der Waals surface area contributed by atoms with Crippen LogP contribution in [-0.4, -0.2) is 46.0 Å². The molecule has 0 spiro atoms. The number of benzene rings is 1. The van der Waals surface area contributed by atoms with E-state index in [1.807, 2.05) is 30.5 Å². The summed E-state index contributed by atoms with van der Waals surface area (Å²) in [7, 11) is 0. The van der Waals surface area contributed by atoms with E-state index in [9.17, 15) is 5.11 Å². The van der Waals surface area contributed by atoms with Crippen LogP contribution in [0.5, 0.6) is 11.5 Å². The van der Waals surface area contributed by atoms with Gasteiger partial charge < -0.3 is 14.6 Å². The van der Waals surface area contributed by atoms with Gasteiger partial charge in [0.05, 0.1) is 11.8 Å². The molecule has 0 bridgehead atoms. The number of hydrogen-bond donors (Lipinski definition) is 1. The Morgan fingerprint density at radius 2 is 2.12 bits per heavy atom. The van der Waals surface area contributed by atoms with E-state index < -0.39 is 6.10 Å². The molecule has 1 saturated heterocycles. The van der Waals surface area contributed by atoms with Crippen LogP contribution in [0.4, 0.5) is 0 Å². The quantitative estimate of drug-likeness (QED) is 0.919. The van der Waals surface area contributed by atoms with Crippen molar-refractivity contribution in [3.05, 3.63) is 47.5 Å². The number of aryl methyl sites for hydroxylation is 1. The van der Waals surface area contributed by atoms with Crippen molar-refractivity contribution in [1.82, 2.24) is 14.9 Å². The average Bonchev–Trinajstić information content (AvgIpc) is 3.10. The van der Waals surface area contributed by atoms with Gasteiger partial charge in [0.25, 0.3) is 0 Å². The highest BCUT2D eigenvalue weighted by Crippen LogP contribution is 2.37. The maximum absolute atomic E-state index is 10.7. The lowest BCUT2D eigenvalue weighted by Gasteiger charge is -2.36. The molecule has 6 nitrogen and oxygen atoms in total. The summed E-state index contributed by atoms with van der Waals surface area (Å²) in [6.07, 6.45) is 3.16. The second kappa shape index (κ2) is 6.98. The summed E-state index contributed by atoms with van der Waals surface area (Å²) in [6.45, 7) is 4.66. The number of aliphatic hydroxyl groups excluding tert-OH is 1. The number of rotatable bonds is 4. The molecule has 1 aromatic carbocycles. The molecular weight excluding hydrogens is 318 g/mol. The second-order valence-corrected chi connectivity index (χ2v) is 6.63. The van der Waals surface area contributed by atoms with Crippen molar-refractivity contribution in [2.45, 2.75) is 38.3 Å². The van der Waals surface area contributed by atoms with Gasteiger partial charge in [-0.05, 0) is 36.7 Å². The molecule has 0 aliphatic carbocycles. The lowest BCUT2D eigenvalue weighted by molar-refractivity contribution is 0.0470. The lowest BCUT2D eigenvalue weighted by Crippen LogP contribution is -2.42. The van der Waals surface area contributed by atoms with Gasteiger partial charge in [-0.15, -0.1) is 0 Å². The summed E-state index contributed by atoms with van der Waals surface area (Å²) in [6, 6.07) is 7.93. The van der Waals surface area contributed by atoms with E-state index in [1.54, 1.807) is 0 Å². The minimum atomic E-state index is -0.401. The van der Waals surface area contributed by atoms with Crippen molar-refractivity contribution < 1.29 is 14.6 Å². The van der Waals surface area contributed by atoms with Crippen molar-refractivity contribution in [1.29, 1.82) is 0 Å². The molecule has 4 rings (SSSR count). The molecule has 1 fully saturated rings. The second-order valence-electron chi connectivity index (χ2n) is 6.63. The van der Waals surface area contributed by atoms with Crippen molar-refractivity contribution in [2.75, 3.05) is 19.9 Å². The van der Waals surface area contributed by atoms with Gasteiger partial charge in [-0.3, -0.25) is 4.90 Å². The number of aromatic nitrogens is 2. The summed E-state index contributed by atoms with van der Waals surface area (Å²) in [4.78, 5) is 11.1. The third kappa shape index (κ3) is 3.45. The predicted octanol–water partition coefficient (Wildman–Crippen LogP) is 2.12. The van der Waals surface area contributed by atoms with Gasteiger partial charge in [-0.2, -0.15) is 0 Å². The van der Waals surface area contributed by atoms with E-state index in [4.69, 9.17) is 9.47 Å². The average molecular weight is 341 g/mol. The zero-order valence-electron chi connectivity index (χ0n) is 14.4. The van der Waals surface area contributed by atoms with Crippen LogP contribution in [0.1, 0.15) is 36.3 Å². The van der Waals surface area contributed by atoms with Gasteiger partial charge in [0.15, 0.2) is 11.5 Å². The van der Waals surface area contributed by atoms with Gasteiger partial charge in [-0.25, -0.2) is 9.97 Å². The Balaban J connectivity index is 1.41. The number of likely N-dealkylation sites (tertiary alicyclic amines) is 1. The van der Waals surface area contributed by atoms with Gasteiger partial charge in [0.1, 0.15) is 5.82 Å². The van der Waals surface area contributed by atoms with Gasteiger partial charge in [-0.1, -0.05) is 13.0 Å². The van der Waals surface area contributed by atoms with Crippen molar-refractivity contribution in [2.24, 2.45) is 0 Å². The van der Waals surface area contributed by atoms with Crippen LogP contribution in [0.25, 0.3) is 0 Å². The minimum absolute atomic E-state index is 0.127. The zero-order valence-corrected chi connectivity index (χ0v) is 14.4. The van der Waals surface area contributed by atoms with Crippen LogP contribution < -0.4 is 9.47 Å². The number of aliphatic hydroxyl groups is 1. The number of ether oxygens (including phenoxy) is 2. The molecule has 1 aromatic heterocycles. The minimum Gasteiger partial charge on any atom is -0.454 e. The zero-order chi connectivity index (χ0) is 17.2. The molecule has 0 amide bonds. The molecule has 2 aliphatic heterocycles. The molecule has 2 aliphatic rings. The number of fused-ring (bicyclic) bond motifs is 1. The molecule has 1 N–H and O–H groups in total. The largest absolute Gasteiger partial charge is 0.454 e. The van der Waals surface area contributed by atoms with E-state index in [0.717, 1.165) is 54.5 Å². The molecule has 6 heteroatoms. The fourth-order valence-corrected chi connectivity index (χ4v) is 3.60. The van der Waals surface area contributed by atoms with Crippen molar-refractivity contribution in [3.8, 4) is 11.5 Å². The fraction of sp³-hybridized carbons (Fsp3) is 0.474. The maximum atomic E-state index is 10.7. The molecular formula is C19H23N3O3. The predicted molar refractivity (Wildman–Crippen MR) is 92.6 cm³/mol. The van der Waals surface area contributed by atoms with E-state index in [0.29, 0.717) is 6.54 Å². The Hall–Kier alpha value is -2.18. The Morgan fingerprint density at radius 1 is 1.24 bits per heavy atom. The molecule has 132 valence electrons. The Labute approximate surface area is 147 Å². The Kier molecular flexibility index (Phi) is 4.55. The monoisotopic (exact) mass is 341 g/mol. The first kappa shape index (κ1) is 16.3. The van der Waals surface area contributed by atoms with Crippen LogP contribution in [0.2, 0.25) is 0 Å². The number of hydrogen-bond acceptors (Lipinski definition) is 6. The maximum Gasteiger partial charge on any atom is 0.231 e. The van der Waals surface area contributed by atoms with Crippen LogP contribution in [0.15, 0.2) is 30.5 Å². The van der Waals surface area contributed by atoms with Gasteiger partial charge >= 0.3 is 0 Å². The highest BCUT2D eigenvalue weighted by molar-refractivity contribution is 5.45. The number of nitrogens with zero attached hydrogens (tertiary/aromatic N) is 3. The van der Waals surface area contributed by atoms with Crippen LogP contribution in [0.3, 0.4) is 0 Å². The topological polar surface area (TPSA) is 67.7 Å². The number of β-amino-alcohol motifs (C(OH)–C–C–N with tert-alkyl or cyclic N) is 1. The summed E-state index contributed by atoms with van der Waals surface area (Å²) in [5.41, 5.74) is 2.13. The van der Waals surface area contributed by atoms with Gasteiger partial charge in [0.2, 0.25) is 6.79 Å². The van der Waals surface area contributed by atoms with Crippen molar-refractivity contribution >= 4 is 0 Å². The Morgan fingerprint density at radius 3 is 2.96 bits per heavy atom. The van der Waals surface area contributed by atoms with E-state index >= 15 is 0 Å². The molecule has 3 heterocycles. The van der Waals surface area contributed by atoms with Crippen LogP contribution >= 0.6 is 0 Å².